The van der Waals surface area contributed by atoms with Gasteiger partial charge in [0.15, 0.2) is 0 Å². The number of hydrogen-bond acceptors (Lipinski definition) is 1. The van der Waals surface area contributed by atoms with Crippen molar-refractivity contribution in [1.29, 1.82) is 0 Å². The van der Waals surface area contributed by atoms with Gasteiger partial charge in [0.25, 0.3) is 0 Å². The molecule has 0 fully saturated rings. The second-order valence-corrected chi connectivity index (χ2v) is 3.39. The minimum Gasteiger partial charge on any atom is -0.388 e. The minimum absolute atomic E-state index is 0.202. The zero-order valence-electron chi connectivity index (χ0n) is 7.38. The molecule has 1 atom stereocenters. The Kier molecular flexibility index (Phi) is 1.89. The van der Waals surface area contributed by atoms with Crippen LogP contribution in [0.5, 0.6) is 0 Å². The minimum atomic E-state index is -0.202. The molecule has 1 aromatic carbocycles. The van der Waals surface area contributed by atoms with Crippen molar-refractivity contribution in [2.24, 2.45) is 0 Å². The molecule has 0 saturated heterocycles. The number of fused-ring (bicyclic) bond motifs is 1. The molecule has 0 aromatic heterocycles. The van der Waals surface area contributed by atoms with Crippen molar-refractivity contribution in [2.75, 3.05) is 0 Å². The summed E-state index contributed by atoms with van der Waals surface area (Å²) >= 11 is 0. The Bertz CT molecular complexity index is 291. The van der Waals surface area contributed by atoms with E-state index in [9.17, 15) is 5.11 Å². The molecule has 1 nitrogen and oxygen atoms in total. The molecule has 0 saturated carbocycles. The maximum absolute atomic E-state index is 9.60. The zero-order chi connectivity index (χ0) is 8.55. The average Bonchev–Trinajstić information content (AvgIpc) is 2.48. The molecule has 0 unspecified atom stereocenters. The van der Waals surface area contributed by atoms with Crippen LogP contribution in [-0.4, -0.2) is 5.11 Å². The van der Waals surface area contributed by atoms with Crippen LogP contribution in [0.2, 0.25) is 0 Å². The molecule has 1 aliphatic rings. The number of aliphatic hydroxyl groups excluding tert-OH is 1. The molecule has 12 heavy (non-hydrogen) atoms. The highest BCUT2D eigenvalue weighted by Crippen LogP contribution is 2.32. The van der Waals surface area contributed by atoms with Gasteiger partial charge in [-0.2, -0.15) is 0 Å². The van der Waals surface area contributed by atoms with Crippen molar-refractivity contribution >= 4 is 0 Å². The van der Waals surface area contributed by atoms with Crippen LogP contribution < -0.4 is 0 Å². The molecule has 0 heterocycles. The van der Waals surface area contributed by atoms with Crippen LogP contribution in [0.15, 0.2) is 18.2 Å². The SMILES string of the molecule is CCc1cccc2c1CC[C@H]2O. The Morgan fingerprint density at radius 1 is 1.50 bits per heavy atom. The van der Waals surface area contributed by atoms with E-state index in [1.165, 1.54) is 11.1 Å². The van der Waals surface area contributed by atoms with Crippen molar-refractivity contribution in [2.45, 2.75) is 32.3 Å². The Morgan fingerprint density at radius 3 is 3.08 bits per heavy atom. The van der Waals surface area contributed by atoms with Crippen molar-refractivity contribution < 1.29 is 5.11 Å². The normalized spacial score (nSPS) is 21.0. The fourth-order valence-electron chi connectivity index (χ4n) is 2.04. The molecule has 0 radical (unpaired) electrons. The third-order valence-electron chi connectivity index (χ3n) is 2.72. The first-order valence-electron chi connectivity index (χ1n) is 4.61. The first-order chi connectivity index (χ1) is 5.83. The predicted octanol–water partition coefficient (Wildman–Crippen LogP) is 2.23. The van der Waals surface area contributed by atoms with E-state index in [2.05, 4.69) is 13.0 Å². The van der Waals surface area contributed by atoms with E-state index in [1.54, 1.807) is 0 Å². The van der Waals surface area contributed by atoms with Crippen molar-refractivity contribution in [3.8, 4) is 0 Å². The van der Waals surface area contributed by atoms with Gasteiger partial charge < -0.3 is 5.11 Å². The van der Waals surface area contributed by atoms with Crippen LogP contribution in [0.1, 0.15) is 36.1 Å². The van der Waals surface area contributed by atoms with E-state index in [0.717, 1.165) is 24.8 Å². The van der Waals surface area contributed by atoms with Crippen LogP contribution in [0.4, 0.5) is 0 Å². The fourth-order valence-corrected chi connectivity index (χ4v) is 2.04. The van der Waals surface area contributed by atoms with Gasteiger partial charge in [-0.25, -0.2) is 0 Å². The molecular formula is C11H14O. The van der Waals surface area contributed by atoms with Gasteiger partial charge in [-0.1, -0.05) is 25.1 Å². The number of aliphatic hydroxyl groups is 1. The Balaban J connectivity index is 2.50. The van der Waals surface area contributed by atoms with Gasteiger partial charge in [0.2, 0.25) is 0 Å². The van der Waals surface area contributed by atoms with Gasteiger partial charge in [-0.05, 0) is 36.0 Å². The van der Waals surface area contributed by atoms with E-state index in [4.69, 9.17) is 0 Å². The van der Waals surface area contributed by atoms with E-state index in [0.29, 0.717) is 0 Å². The second-order valence-electron chi connectivity index (χ2n) is 3.39. The maximum atomic E-state index is 9.60. The van der Waals surface area contributed by atoms with E-state index in [1.807, 2.05) is 12.1 Å². The largest absolute Gasteiger partial charge is 0.388 e. The van der Waals surface area contributed by atoms with Gasteiger partial charge in [0.05, 0.1) is 6.10 Å². The highest BCUT2D eigenvalue weighted by Gasteiger charge is 2.21. The third-order valence-corrected chi connectivity index (χ3v) is 2.72. The Hall–Kier alpha value is -0.820. The maximum Gasteiger partial charge on any atom is 0.0796 e. The van der Waals surface area contributed by atoms with Gasteiger partial charge >= 0.3 is 0 Å². The lowest BCUT2D eigenvalue weighted by molar-refractivity contribution is 0.180. The monoisotopic (exact) mass is 162 g/mol. The lowest BCUT2D eigenvalue weighted by atomic mass is 10.0. The summed E-state index contributed by atoms with van der Waals surface area (Å²) in [6, 6.07) is 6.26. The van der Waals surface area contributed by atoms with Crippen LogP contribution in [0, 0.1) is 0 Å². The predicted molar refractivity (Wildman–Crippen MR) is 49.1 cm³/mol. The van der Waals surface area contributed by atoms with Crippen LogP contribution in [-0.2, 0) is 12.8 Å². The van der Waals surface area contributed by atoms with E-state index in [-0.39, 0.29) is 6.10 Å². The molecule has 1 heteroatoms. The van der Waals surface area contributed by atoms with Gasteiger partial charge in [-0.3, -0.25) is 0 Å². The van der Waals surface area contributed by atoms with Gasteiger partial charge in [-0.15, -0.1) is 0 Å². The van der Waals surface area contributed by atoms with Crippen molar-refractivity contribution in [3.63, 3.8) is 0 Å². The third kappa shape index (κ3) is 1.05. The summed E-state index contributed by atoms with van der Waals surface area (Å²) in [5.41, 5.74) is 3.96. The smallest absolute Gasteiger partial charge is 0.0796 e. The van der Waals surface area contributed by atoms with Gasteiger partial charge in [0, 0.05) is 0 Å². The van der Waals surface area contributed by atoms with Crippen LogP contribution in [0.25, 0.3) is 0 Å². The van der Waals surface area contributed by atoms with E-state index >= 15 is 0 Å². The lowest BCUT2D eigenvalue weighted by Crippen LogP contribution is -1.92. The first-order valence-corrected chi connectivity index (χ1v) is 4.61. The summed E-state index contributed by atoms with van der Waals surface area (Å²) in [6.07, 6.45) is 2.84. The number of hydrogen-bond donors (Lipinski definition) is 1. The summed E-state index contributed by atoms with van der Waals surface area (Å²) in [4.78, 5) is 0. The molecule has 0 amide bonds. The van der Waals surface area contributed by atoms with Crippen molar-refractivity contribution in [1.82, 2.24) is 0 Å². The lowest BCUT2D eigenvalue weighted by Gasteiger charge is -2.06. The van der Waals surface area contributed by atoms with Crippen LogP contribution in [0.3, 0.4) is 0 Å². The molecule has 1 aromatic rings. The summed E-state index contributed by atoms with van der Waals surface area (Å²) in [7, 11) is 0. The quantitative estimate of drug-likeness (QED) is 0.671. The first kappa shape index (κ1) is 7.81. The average molecular weight is 162 g/mol. The molecular weight excluding hydrogens is 148 g/mol. The Morgan fingerprint density at radius 2 is 2.33 bits per heavy atom. The molecule has 1 N–H and O–H groups in total. The van der Waals surface area contributed by atoms with Gasteiger partial charge in [0.1, 0.15) is 0 Å². The summed E-state index contributed by atoms with van der Waals surface area (Å²) in [6.45, 7) is 2.17. The molecule has 2 rings (SSSR count). The Labute approximate surface area is 73.0 Å². The number of rotatable bonds is 1. The molecule has 0 bridgehead atoms. The summed E-state index contributed by atoms with van der Waals surface area (Å²) in [5, 5.41) is 9.60. The molecule has 64 valence electrons. The van der Waals surface area contributed by atoms with Crippen LogP contribution >= 0.6 is 0 Å². The second kappa shape index (κ2) is 2.91. The molecule has 0 aliphatic heterocycles. The zero-order valence-corrected chi connectivity index (χ0v) is 7.38. The van der Waals surface area contributed by atoms with Crippen molar-refractivity contribution in [3.05, 3.63) is 34.9 Å². The summed E-state index contributed by atoms with van der Waals surface area (Å²) < 4.78 is 0. The molecule has 0 spiro atoms. The van der Waals surface area contributed by atoms with E-state index < -0.39 is 0 Å². The highest BCUT2D eigenvalue weighted by molar-refractivity contribution is 5.39. The standard InChI is InChI=1S/C11H14O/c1-2-8-4-3-5-10-9(8)6-7-11(10)12/h3-5,11-12H,2,6-7H2,1H3/t11-/m1/s1. The molecule has 1 aliphatic carbocycles. The topological polar surface area (TPSA) is 20.2 Å². The fraction of sp³-hybridized carbons (Fsp3) is 0.455. The highest BCUT2D eigenvalue weighted by atomic mass is 16.3. The number of benzene rings is 1. The number of aryl methyl sites for hydroxylation is 1. The summed E-state index contributed by atoms with van der Waals surface area (Å²) in [5.74, 6) is 0.